The zero-order valence-electron chi connectivity index (χ0n) is 12.4. The van der Waals surface area contributed by atoms with Gasteiger partial charge in [-0.1, -0.05) is 6.07 Å². The lowest BCUT2D eigenvalue weighted by molar-refractivity contribution is -0.121. The molecule has 1 saturated heterocycles. The molecule has 4 nitrogen and oxygen atoms in total. The van der Waals surface area contributed by atoms with Crippen molar-refractivity contribution in [3.05, 3.63) is 30.1 Å². The molecule has 1 heterocycles. The van der Waals surface area contributed by atoms with Gasteiger partial charge in [0.15, 0.2) is 0 Å². The Morgan fingerprint density at radius 3 is 2.90 bits per heavy atom. The highest BCUT2D eigenvalue weighted by Gasteiger charge is 2.26. The van der Waals surface area contributed by atoms with Crippen molar-refractivity contribution in [1.82, 2.24) is 10.2 Å². The van der Waals surface area contributed by atoms with Crippen LogP contribution in [0.3, 0.4) is 0 Å². The zero-order chi connectivity index (χ0) is 14.5. The van der Waals surface area contributed by atoms with Gasteiger partial charge in [0.25, 0.3) is 0 Å². The first-order valence-electron chi connectivity index (χ1n) is 7.08. The van der Waals surface area contributed by atoms with Crippen molar-refractivity contribution in [2.24, 2.45) is 0 Å². The smallest absolute Gasteiger partial charge is 0.241 e. The van der Waals surface area contributed by atoms with Crippen LogP contribution < -0.4 is 10.6 Å². The topological polar surface area (TPSA) is 44.4 Å². The number of nitrogens with zero attached hydrogens (tertiary/aromatic N) is 1. The third-order valence-corrected chi connectivity index (χ3v) is 3.88. The summed E-state index contributed by atoms with van der Waals surface area (Å²) in [4.78, 5) is 14.4. The van der Waals surface area contributed by atoms with E-state index in [1.54, 1.807) is 12.1 Å². The highest BCUT2D eigenvalue weighted by molar-refractivity contribution is 5.94. The molecule has 0 saturated carbocycles. The van der Waals surface area contributed by atoms with E-state index in [0.29, 0.717) is 11.7 Å². The Morgan fingerprint density at radius 1 is 1.48 bits per heavy atom. The van der Waals surface area contributed by atoms with E-state index in [1.807, 2.05) is 14.0 Å². The van der Waals surface area contributed by atoms with Crippen molar-refractivity contribution in [3.8, 4) is 0 Å². The first-order chi connectivity index (χ1) is 9.60. The molecule has 0 spiro atoms. The maximum absolute atomic E-state index is 13.1. The Hall–Kier alpha value is -1.17. The number of carbonyl (C=O) groups is 1. The predicted molar refractivity (Wildman–Crippen MR) is 85.4 cm³/mol. The molecule has 1 fully saturated rings. The maximum Gasteiger partial charge on any atom is 0.241 e. The number of piperidine rings is 1. The Labute approximate surface area is 131 Å². The van der Waals surface area contributed by atoms with Crippen molar-refractivity contribution in [3.63, 3.8) is 0 Å². The summed E-state index contributed by atoms with van der Waals surface area (Å²) in [7, 11) is 1.95. The van der Waals surface area contributed by atoms with E-state index in [9.17, 15) is 9.18 Å². The monoisotopic (exact) mass is 315 g/mol. The van der Waals surface area contributed by atoms with Crippen LogP contribution in [0, 0.1) is 5.82 Å². The van der Waals surface area contributed by atoms with E-state index >= 15 is 0 Å². The van der Waals surface area contributed by atoms with Gasteiger partial charge in [-0.25, -0.2) is 4.39 Å². The van der Waals surface area contributed by atoms with Crippen LogP contribution in [0.4, 0.5) is 10.1 Å². The lowest BCUT2D eigenvalue weighted by atomic mass is 10.0. The molecule has 1 aromatic rings. The fourth-order valence-electron chi connectivity index (χ4n) is 2.57. The molecular formula is C15H23ClFN3O. The molecule has 0 aliphatic carbocycles. The summed E-state index contributed by atoms with van der Waals surface area (Å²) < 4.78 is 13.1. The minimum atomic E-state index is -0.344. The lowest BCUT2D eigenvalue weighted by Gasteiger charge is -2.35. The molecule has 2 rings (SSSR count). The maximum atomic E-state index is 13.1. The summed E-state index contributed by atoms with van der Waals surface area (Å²) in [6.45, 7) is 3.69. The van der Waals surface area contributed by atoms with E-state index in [-0.39, 0.29) is 30.2 Å². The minimum absolute atomic E-state index is 0. The molecule has 2 N–H and O–H groups in total. The Balaban J connectivity index is 0.00000220. The molecule has 21 heavy (non-hydrogen) atoms. The fraction of sp³-hybridized carbons (Fsp3) is 0.533. The van der Waals surface area contributed by atoms with Gasteiger partial charge in [0, 0.05) is 18.3 Å². The number of hydrogen-bond donors (Lipinski definition) is 2. The lowest BCUT2D eigenvalue weighted by Crippen LogP contribution is -2.51. The van der Waals surface area contributed by atoms with Crippen molar-refractivity contribution in [1.29, 1.82) is 0 Å². The molecule has 0 aromatic heterocycles. The quantitative estimate of drug-likeness (QED) is 0.896. The van der Waals surface area contributed by atoms with Crippen LogP contribution in [-0.4, -0.2) is 43.0 Å². The van der Waals surface area contributed by atoms with Crippen LogP contribution in [0.1, 0.15) is 19.8 Å². The number of halogens is 2. The summed E-state index contributed by atoms with van der Waals surface area (Å²) in [5.41, 5.74) is 0.504. The number of rotatable bonds is 4. The molecular weight excluding hydrogens is 293 g/mol. The summed E-state index contributed by atoms with van der Waals surface area (Å²) >= 11 is 0. The summed E-state index contributed by atoms with van der Waals surface area (Å²) in [5, 5.41) is 6.03. The minimum Gasteiger partial charge on any atom is -0.325 e. The first-order valence-corrected chi connectivity index (χ1v) is 7.08. The standard InChI is InChI=1S/C15H22FN3O.ClH/c1-11(19-8-4-7-14(10-19)17-2)15(20)18-13-6-3-5-12(16)9-13;/h3,5-6,9,11,14,17H,4,7-8,10H2,1-2H3,(H,18,20);1H. The van der Waals surface area contributed by atoms with Gasteiger partial charge in [-0.05, 0) is 51.6 Å². The van der Waals surface area contributed by atoms with Gasteiger partial charge >= 0.3 is 0 Å². The van der Waals surface area contributed by atoms with Gasteiger partial charge in [0.1, 0.15) is 5.82 Å². The van der Waals surface area contributed by atoms with Gasteiger partial charge in [0.2, 0.25) is 5.91 Å². The molecule has 1 aromatic carbocycles. The third-order valence-electron chi connectivity index (χ3n) is 3.88. The number of carbonyl (C=O) groups excluding carboxylic acids is 1. The molecule has 1 amide bonds. The molecule has 2 unspecified atom stereocenters. The summed E-state index contributed by atoms with van der Waals surface area (Å²) in [6, 6.07) is 6.20. The van der Waals surface area contributed by atoms with Crippen LogP contribution in [0.2, 0.25) is 0 Å². The Morgan fingerprint density at radius 2 is 2.24 bits per heavy atom. The SMILES string of the molecule is CNC1CCCN(C(C)C(=O)Nc2cccc(F)c2)C1.Cl. The Bertz CT molecular complexity index is 472. The van der Waals surface area contributed by atoms with Crippen LogP contribution in [0.5, 0.6) is 0 Å². The van der Waals surface area contributed by atoms with E-state index in [4.69, 9.17) is 0 Å². The van der Waals surface area contributed by atoms with E-state index in [2.05, 4.69) is 15.5 Å². The van der Waals surface area contributed by atoms with Crippen molar-refractivity contribution < 1.29 is 9.18 Å². The zero-order valence-corrected chi connectivity index (χ0v) is 13.3. The van der Waals surface area contributed by atoms with Crippen molar-refractivity contribution >= 4 is 24.0 Å². The van der Waals surface area contributed by atoms with Crippen LogP contribution in [-0.2, 0) is 4.79 Å². The van der Waals surface area contributed by atoms with Crippen LogP contribution in [0.25, 0.3) is 0 Å². The van der Waals surface area contributed by atoms with Gasteiger partial charge in [-0.2, -0.15) is 0 Å². The highest BCUT2D eigenvalue weighted by atomic mass is 35.5. The van der Waals surface area contributed by atoms with E-state index in [1.165, 1.54) is 12.1 Å². The number of benzene rings is 1. The molecule has 6 heteroatoms. The molecule has 0 bridgehead atoms. The number of likely N-dealkylation sites (tertiary alicyclic amines) is 1. The van der Waals surface area contributed by atoms with Crippen LogP contribution in [0.15, 0.2) is 24.3 Å². The summed E-state index contributed by atoms with van der Waals surface area (Å²) in [5.74, 6) is -0.434. The largest absolute Gasteiger partial charge is 0.325 e. The van der Waals surface area contributed by atoms with Crippen LogP contribution >= 0.6 is 12.4 Å². The molecule has 1 aliphatic heterocycles. The van der Waals surface area contributed by atoms with Gasteiger partial charge < -0.3 is 10.6 Å². The van der Waals surface area contributed by atoms with Crippen molar-refractivity contribution in [2.75, 3.05) is 25.5 Å². The molecule has 1 aliphatic rings. The molecule has 2 atom stereocenters. The second kappa shape index (κ2) is 8.32. The molecule has 118 valence electrons. The van der Waals surface area contributed by atoms with Gasteiger partial charge in [0.05, 0.1) is 6.04 Å². The normalized spacial score (nSPS) is 20.4. The Kier molecular flexibility index (Phi) is 7.08. The third kappa shape index (κ3) is 4.95. The number of hydrogen-bond acceptors (Lipinski definition) is 3. The summed E-state index contributed by atoms with van der Waals surface area (Å²) in [6.07, 6.45) is 2.23. The fourth-order valence-corrected chi connectivity index (χ4v) is 2.57. The van der Waals surface area contributed by atoms with Gasteiger partial charge in [-0.3, -0.25) is 9.69 Å². The number of amides is 1. The number of likely N-dealkylation sites (N-methyl/N-ethyl adjacent to an activating group) is 1. The average molecular weight is 316 g/mol. The number of anilines is 1. The van der Waals surface area contributed by atoms with Crippen molar-refractivity contribution in [2.45, 2.75) is 31.8 Å². The highest BCUT2D eigenvalue weighted by Crippen LogP contribution is 2.15. The van der Waals surface area contributed by atoms with Gasteiger partial charge in [-0.15, -0.1) is 12.4 Å². The van der Waals surface area contributed by atoms with E-state index < -0.39 is 0 Å². The predicted octanol–water partition coefficient (Wildman–Crippen LogP) is 2.26. The second-order valence-electron chi connectivity index (χ2n) is 5.30. The molecule has 0 radical (unpaired) electrons. The number of nitrogens with one attached hydrogen (secondary N) is 2. The first kappa shape index (κ1) is 17.9. The average Bonchev–Trinajstić information content (AvgIpc) is 2.46. The second-order valence-corrected chi connectivity index (χ2v) is 5.30. The van der Waals surface area contributed by atoms with E-state index in [0.717, 1.165) is 25.9 Å².